The second-order valence-corrected chi connectivity index (χ2v) is 7.29. The van der Waals surface area contributed by atoms with Crippen molar-refractivity contribution in [2.24, 2.45) is 16.4 Å². The first-order valence-corrected chi connectivity index (χ1v) is 9.67. The largest absolute Gasteiger partial charge is 0.469 e. The number of carbonyl (C=O) groups is 4. The highest BCUT2D eigenvalue weighted by atomic mass is 32.1. The van der Waals surface area contributed by atoms with E-state index in [0.717, 1.165) is 4.90 Å². The maximum atomic E-state index is 13.1. The van der Waals surface area contributed by atoms with E-state index >= 15 is 0 Å². The van der Waals surface area contributed by atoms with Gasteiger partial charge < -0.3 is 19.0 Å². The normalized spacial score (nSPS) is 31.4. The molecule has 0 aliphatic carbocycles. The zero-order valence-corrected chi connectivity index (χ0v) is 16.7. The molecule has 1 aromatic rings. The number of nitrogens with zero attached hydrogens (tertiary/aromatic N) is 2. The summed E-state index contributed by atoms with van der Waals surface area (Å²) in [4.78, 5) is 55.9. The summed E-state index contributed by atoms with van der Waals surface area (Å²) in [5.41, 5.74) is 0.457. The van der Waals surface area contributed by atoms with Gasteiger partial charge in [0.05, 0.1) is 49.9 Å². The molecule has 0 radical (unpaired) electrons. The number of hydrogen-bond donors (Lipinski definition) is 0. The fourth-order valence-corrected chi connectivity index (χ4v) is 4.44. The van der Waals surface area contributed by atoms with Crippen molar-refractivity contribution in [2.45, 2.75) is 37.3 Å². The Labute approximate surface area is 176 Å². The molecule has 4 rings (SSSR count). The molecule has 0 spiro atoms. The smallest absolute Gasteiger partial charge is 0.306 e. The van der Waals surface area contributed by atoms with Crippen molar-refractivity contribution in [3.05, 3.63) is 30.3 Å². The standard InChI is InChI=1S/C19H18N2O8S/c1-26-10(22)7-8-11(23)27-16-14-12-13(15(28-14)17(16)29-20-30)19(25)21(18(12)24)9-5-3-2-4-6-9/h2-6,12-17H,7-8H2,1H3. The fraction of sp³-hybridized carbons (Fsp3) is 0.474. The predicted octanol–water partition coefficient (Wildman–Crippen LogP) is 0.469. The fourth-order valence-electron chi connectivity index (χ4n) is 4.34. The molecular formula is C19H18N2O8S. The molecule has 3 aliphatic rings. The molecule has 3 heterocycles. The van der Waals surface area contributed by atoms with Gasteiger partial charge in [-0.05, 0) is 16.7 Å². The second-order valence-electron chi connectivity index (χ2n) is 7.14. The molecule has 0 aromatic heterocycles. The maximum absolute atomic E-state index is 13.1. The predicted molar refractivity (Wildman–Crippen MR) is 100 cm³/mol. The van der Waals surface area contributed by atoms with Crippen LogP contribution >= 0.6 is 0 Å². The van der Waals surface area contributed by atoms with Crippen molar-refractivity contribution in [2.75, 3.05) is 12.0 Å². The molecular weight excluding hydrogens is 416 g/mol. The summed E-state index contributed by atoms with van der Waals surface area (Å²) in [6.07, 6.45) is -4.00. The minimum atomic E-state index is -0.986. The number of hydrogen-bond acceptors (Lipinski definition) is 10. The molecule has 0 saturated carbocycles. The van der Waals surface area contributed by atoms with Crippen LogP contribution in [0.25, 0.3) is 0 Å². The number of esters is 2. The third-order valence-corrected chi connectivity index (χ3v) is 5.69. The van der Waals surface area contributed by atoms with Crippen LogP contribution in [-0.4, -0.2) is 55.3 Å². The summed E-state index contributed by atoms with van der Waals surface area (Å²) in [6.45, 7) is 0. The average Bonchev–Trinajstić information content (AvgIpc) is 3.37. The Kier molecular flexibility index (Phi) is 5.48. The highest BCUT2D eigenvalue weighted by Crippen LogP contribution is 2.51. The quantitative estimate of drug-likeness (QED) is 0.342. The number of carbonyl (C=O) groups excluding carboxylic acids is 4. The SMILES string of the molecule is COC(=O)CCC(=O)OC1C(ON=S)C2OC1C1C(=O)N(c3ccccc3)C(=O)C21. The topological polar surface area (TPSA) is 121 Å². The van der Waals surface area contributed by atoms with Gasteiger partial charge in [0.25, 0.3) is 0 Å². The number of methoxy groups -OCH3 is 1. The Balaban J connectivity index is 1.55. The first kappa shape index (κ1) is 20.4. The molecule has 10 nitrogen and oxygen atoms in total. The lowest BCUT2D eigenvalue weighted by atomic mass is 9.78. The lowest BCUT2D eigenvalue weighted by molar-refractivity contribution is -0.164. The Bertz CT molecular complexity index is 894. The van der Waals surface area contributed by atoms with Crippen LogP contribution in [-0.2, 0) is 50.7 Å². The molecule has 3 aliphatic heterocycles. The first-order chi connectivity index (χ1) is 14.5. The van der Waals surface area contributed by atoms with Gasteiger partial charge in [-0.3, -0.25) is 19.2 Å². The molecule has 2 bridgehead atoms. The van der Waals surface area contributed by atoms with Crippen LogP contribution in [0.15, 0.2) is 34.9 Å². The number of benzene rings is 1. The van der Waals surface area contributed by atoms with Crippen LogP contribution < -0.4 is 4.90 Å². The Hall–Kier alpha value is -2.92. The number of amides is 2. The molecule has 3 fully saturated rings. The molecule has 1 aromatic carbocycles. The summed E-state index contributed by atoms with van der Waals surface area (Å²) in [5, 5.41) is 0. The number of para-hydroxylation sites is 1. The van der Waals surface area contributed by atoms with Gasteiger partial charge in [0, 0.05) is 0 Å². The number of imide groups is 1. The van der Waals surface area contributed by atoms with Crippen molar-refractivity contribution < 1.29 is 38.2 Å². The monoisotopic (exact) mass is 434 g/mol. The van der Waals surface area contributed by atoms with E-state index in [1.165, 1.54) is 7.11 Å². The first-order valence-electron chi connectivity index (χ1n) is 9.31. The van der Waals surface area contributed by atoms with Gasteiger partial charge >= 0.3 is 11.9 Å². The third-order valence-electron chi connectivity index (χ3n) is 5.60. The van der Waals surface area contributed by atoms with E-state index in [1.54, 1.807) is 30.3 Å². The summed E-state index contributed by atoms with van der Waals surface area (Å²) >= 11 is 4.53. The average molecular weight is 434 g/mol. The summed E-state index contributed by atoms with van der Waals surface area (Å²) in [7, 11) is 1.22. The van der Waals surface area contributed by atoms with Gasteiger partial charge in [-0.15, -0.1) is 0 Å². The minimum absolute atomic E-state index is 0.154. The van der Waals surface area contributed by atoms with E-state index in [1.807, 2.05) is 0 Å². The highest BCUT2D eigenvalue weighted by molar-refractivity contribution is 7.47. The van der Waals surface area contributed by atoms with Crippen molar-refractivity contribution in [3.8, 4) is 0 Å². The molecule has 158 valence electrons. The lowest BCUT2D eigenvalue weighted by Crippen LogP contribution is -2.50. The Morgan fingerprint density at radius 1 is 1.03 bits per heavy atom. The Morgan fingerprint density at radius 2 is 1.63 bits per heavy atom. The Morgan fingerprint density at radius 3 is 2.23 bits per heavy atom. The molecule has 3 saturated heterocycles. The maximum Gasteiger partial charge on any atom is 0.306 e. The molecule has 0 N–H and O–H groups in total. The molecule has 2 amide bonds. The van der Waals surface area contributed by atoms with Crippen molar-refractivity contribution in [3.63, 3.8) is 0 Å². The summed E-state index contributed by atoms with van der Waals surface area (Å²) in [6, 6.07) is 8.56. The van der Waals surface area contributed by atoms with Crippen molar-refractivity contribution >= 4 is 41.9 Å². The summed E-state index contributed by atoms with van der Waals surface area (Å²) in [5.74, 6) is -3.67. The van der Waals surface area contributed by atoms with E-state index < -0.39 is 60.0 Å². The van der Waals surface area contributed by atoms with Gasteiger partial charge in [-0.25, -0.2) is 4.90 Å². The lowest BCUT2D eigenvalue weighted by Gasteiger charge is -2.30. The van der Waals surface area contributed by atoms with E-state index in [9.17, 15) is 19.2 Å². The van der Waals surface area contributed by atoms with Crippen molar-refractivity contribution in [1.82, 2.24) is 0 Å². The number of rotatable bonds is 7. The number of anilines is 1. The van der Waals surface area contributed by atoms with E-state index in [0.29, 0.717) is 5.69 Å². The van der Waals surface area contributed by atoms with Gasteiger partial charge in [-0.2, -0.15) is 0 Å². The van der Waals surface area contributed by atoms with Crippen LogP contribution in [0.3, 0.4) is 0 Å². The molecule has 6 unspecified atom stereocenters. The van der Waals surface area contributed by atoms with E-state index in [2.05, 4.69) is 21.7 Å². The number of ether oxygens (including phenoxy) is 3. The van der Waals surface area contributed by atoms with Gasteiger partial charge in [0.15, 0.2) is 12.2 Å². The van der Waals surface area contributed by atoms with E-state index in [4.69, 9.17) is 14.3 Å². The van der Waals surface area contributed by atoms with Crippen LogP contribution in [0.5, 0.6) is 0 Å². The summed E-state index contributed by atoms with van der Waals surface area (Å²) < 4.78 is 19.0. The zero-order valence-electron chi connectivity index (χ0n) is 15.8. The number of fused-ring (bicyclic) bond motifs is 5. The third kappa shape index (κ3) is 3.23. The van der Waals surface area contributed by atoms with Crippen LogP contribution in [0.4, 0.5) is 5.69 Å². The second kappa shape index (κ2) is 8.07. The molecule has 6 atom stereocenters. The van der Waals surface area contributed by atoms with E-state index in [-0.39, 0.29) is 12.8 Å². The van der Waals surface area contributed by atoms with Crippen LogP contribution in [0.1, 0.15) is 12.8 Å². The van der Waals surface area contributed by atoms with Gasteiger partial charge in [0.2, 0.25) is 11.8 Å². The van der Waals surface area contributed by atoms with Gasteiger partial charge in [0.1, 0.15) is 12.2 Å². The minimum Gasteiger partial charge on any atom is -0.469 e. The van der Waals surface area contributed by atoms with Gasteiger partial charge in [-0.1, -0.05) is 18.2 Å². The van der Waals surface area contributed by atoms with Crippen molar-refractivity contribution in [1.29, 1.82) is 0 Å². The molecule has 30 heavy (non-hydrogen) atoms. The zero-order chi connectivity index (χ0) is 21.4. The molecule has 11 heteroatoms. The highest BCUT2D eigenvalue weighted by Gasteiger charge is 2.71. The van der Waals surface area contributed by atoms with Crippen LogP contribution in [0, 0.1) is 11.8 Å². The van der Waals surface area contributed by atoms with Crippen LogP contribution in [0.2, 0.25) is 0 Å².